The van der Waals surface area contributed by atoms with Crippen LogP contribution in [-0.2, 0) is 14.8 Å². The summed E-state index contributed by atoms with van der Waals surface area (Å²) < 4.78 is 39.8. The van der Waals surface area contributed by atoms with Gasteiger partial charge in [0.1, 0.15) is 11.5 Å². The number of methoxy groups -OCH3 is 2. The van der Waals surface area contributed by atoms with Crippen molar-refractivity contribution < 1.29 is 27.8 Å². The average molecular weight is 506 g/mol. The number of anilines is 1. The number of sulfonamides is 1. The van der Waals surface area contributed by atoms with Crippen molar-refractivity contribution in [1.82, 2.24) is 0 Å². The minimum atomic E-state index is -3.93. The molecule has 36 heavy (non-hydrogen) atoms. The van der Waals surface area contributed by atoms with Gasteiger partial charge >= 0.3 is 5.97 Å². The second-order valence-corrected chi connectivity index (χ2v) is 10.3. The van der Waals surface area contributed by atoms with Gasteiger partial charge in [-0.2, -0.15) is 0 Å². The van der Waals surface area contributed by atoms with Gasteiger partial charge in [-0.3, -0.25) is 4.72 Å². The molecule has 0 aromatic heterocycles. The number of hydrogen-bond donors (Lipinski definition) is 2. The Bertz CT molecular complexity index is 1590. The normalized spacial score (nSPS) is 11.4. The van der Waals surface area contributed by atoms with Gasteiger partial charge in [-0.25, -0.2) is 13.2 Å². The molecule has 0 radical (unpaired) electrons. The van der Waals surface area contributed by atoms with Gasteiger partial charge in [-0.1, -0.05) is 29.8 Å². The quantitative estimate of drug-likeness (QED) is 0.324. The maximum atomic E-state index is 13.3. The zero-order chi connectivity index (χ0) is 26.2. The number of nitrogens with one attached hydrogen (secondary N) is 1. The van der Waals surface area contributed by atoms with Crippen LogP contribution in [-0.4, -0.2) is 33.7 Å². The van der Waals surface area contributed by atoms with Gasteiger partial charge in [0.05, 0.1) is 30.4 Å². The molecule has 186 valence electrons. The van der Waals surface area contributed by atoms with Crippen LogP contribution < -0.4 is 9.46 Å². The van der Waals surface area contributed by atoms with Gasteiger partial charge in [0.15, 0.2) is 0 Å². The fourth-order valence-electron chi connectivity index (χ4n) is 4.43. The Hall–Kier alpha value is -4.04. The molecule has 0 atom stereocenters. The van der Waals surface area contributed by atoms with Crippen molar-refractivity contribution in [1.29, 1.82) is 0 Å². The smallest absolute Gasteiger partial charge is 0.337 e. The van der Waals surface area contributed by atoms with Crippen LogP contribution in [0.5, 0.6) is 11.5 Å². The number of fused-ring (bicyclic) bond motifs is 1. The van der Waals surface area contributed by atoms with Crippen molar-refractivity contribution in [2.24, 2.45) is 0 Å². The predicted octanol–water partition coefficient (Wildman–Crippen LogP) is 5.73. The van der Waals surface area contributed by atoms with E-state index in [-0.39, 0.29) is 10.6 Å². The zero-order valence-electron chi connectivity index (χ0n) is 20.7. The molecule has 4 aromatic rings. The third kappa shape index (κ3) is 4.47. The highest BCUT2D eigenvalue weighted by Crippen LogP contribution is 2.46. The molecule has 0 heterocycles. The standard InChI is InChI=1S/C28H27NO6S/c1-16-6-10-21(11-7-16)36(32,33)29-23-14-17(2)27(34-4)18(3)25(23)26-22-12-8-20(28(31)35-5)15-19(22)9-13-24(26)30/h6-15,29-30H,1-5H3. The molecule has 0 aliphatic rings. The lowest BCUT2D eigenvalue weighted by Gasteiger charge is -2.21. The molecule has 4 rings (SSSR count). The Morgan fingerprint density at radius 2 is 1.58 bits per heavy atom. The number of phenols is 1. The summed E-state index contributed by atoms with van der Waals surface area (Å²) in [6, 6.07) is 16.4. The minimum absolute atomic E-state index is 0.0434. The number of esters is 1. The summed E-state index contributed by atoms with van der Waals surface area (Å²) in [7, 11) is -1.08. The van der Waals surface area contributed by atoms with E-state index in [1.54, 1.807) is 61.7 Å². The van der Waals surface area contributed by atoms with Crippen LogP contribution in [0.15, 0.2) is 65.6 Å². The highest BCUT2D eigenvalue weighted by Gasteiger charge is 2.24. The number of carbonyl (C=O) groups excluding carboxylic acids is 1. The minimum Gasteiger partial charge on any atom is -0.507 e. The number of ether oxygens (including phenoxy) is 2. The molecule has 0 fully saturated rings. The summed E-state index contributed by atoms with van der Waals surface area (Å²) in [5.41, 5.74) is 3.87. The molecule has 0 unspecified atom stereocenters. The summed E-state index contributed by atoms with van der Waals surface area (Å²) in [5, 5.41) is 12.3. The predicted molar refractivity (Wildman–Crippen MR) is 140 cm³/mol. The second-order valence-electron chi connectivity index (χ2n) is 8.58. The third-order valence-electron chi connectivity index (χ3n) is 6.15. The van der Waals surface area contributed by atoms with E-state index in [9.17, 15) is 18.3 Å². The van der Waals surface area contributed by atoms with Crippen molar-refractivity contribution in [3.05, 3.63) is 82.9 Å². The molecule has 0 bridgehead atoms. The van der Waals surface area contributed by atoms with E-state index in [0.717, 1.165) is 11.1 Å². The SMILES string of the molecule is COC(=O)c1ccc2c(-c3c(NS(=O)(=O)c4ccc(C)cc4)cc(C)c(OC)c3C)c(O)ccc2c1. The Kier molecular flexibility index (Phi) is 6.65. The Morgan fingerprint density at radius 3 is 2.22 bits per heavy atom. The van der Waals surface area contributed by atoms with E-state index in [1.807, 2.05) is 20.8 Å². The maximum Gasteiger partial charge on any atom is 0.337 e. The summed E-state index contributed by atoms with van der Waals surface area (Å²) in [5.74, 6) is 0.0511. The Balaban J connectivity index is 1.99. The molecule has 0 amide bonds. The molecule has 0 spiro atoms. The molecule has 2 N–H and O–H groups in total. The second kappa shape index (κ2) is 9.54. The largest absolute Gasteiger partial charge is 0.507 e. The number of benzene rings is 4. The molecular weight excluding hydrogens is 478 g/mol. The van der Waals surface area contributed by atoms with Crippen LogP contribution in [0.3, 0.4) is 0 Å². The number of aromatic hydroxyl groups is 1. The van der Waals surface area contributed by atoms with E-state index < -0.39 is 16.0 Å². The maximum absolute atomic E-state index is 13.3. The van der Waals surface area contributed by atoms with Crippen LogP contribution in [0.2, 0.25) is 0 Å². The summed E-state index contributed by atoms with van der Waals surface area (Å²) in [6.45, 7) is 5.52. The van der Waals surface area contributed by atoms with Crippen LogP contribution in [0.1, 0.15) is 27.0 Å². The average Bonchev–Trinajstić information content (AvgIpc) is 2.84. The molecule has 7 nitrogen and oxygen atoms in total. The first-order chi connectivity index (χ1) is 17.1. The highest BCUT2D eigenvalue weighted by atomic mass is 32.2. The van der Waals surface area contributed by atoms with Gasteiger partial charge in [0.2, 0.25) is 0 Å². The van der Waals surface area contributed by atoms with Crippen LogP contribution in [0.4, 0.5) is 5.69 Å². The lowest BCUT2D eigenvalue weighted by molar-refractivity contribution is 0.0601. The highest BCUT2D eigenvalue weighted by molar-refractivity contribution is 7.92. The van der Waals surface area contributed by atoms with Gasteiger partial charge in [-0.05, 0) is 73.5 Å². The van der Waals surface area contributed by atoms with E-state index in [2.05, 4.69) is 4.72 Å². The molecular formula is C28H27NO6S. The Labute approximate surface area is 210 Å². The van der Waals surface area contributed by atoms with Crippen LogP contribution >= 0.6 is 0 Å². The molecule has 4 aromatic carbocycles. The number of phenolic OH excluding ortho intramolecular Hbond substituents is 1. The van der Waals surface area contributed by atoms with E-state index in [4.69, 9.17) is 9.47 Å². The fraction of sp³-hybridized carbons (Fsp3) is 0.179. The Morgan fingerprint density at radius 1 is 0.889 bits per heavy atom. The fourth-order valence-corrected chi connectivity index (χ4v) is 5.49. The van der Waals surface area contributed by atoms with Gasteiger partial charge in [0, 0.05) is 16.7 Å². The molecule has 0 saturated carbocycles. The van der Waals surface area contributed by atoms with Crippen LogP contribution in [0.25, 0.3) is 21.9 Å². The first-order valence-electron chi connectivity index (χ1n) is 11.2. The van der Waals surface area contributed by atoms with Crippen LogP contribution in [0, 0.1) is 20.8 Å². The number of hydrogen-bond acceptors (Lipinski definition) is 6. The van der Waals surface area contributed by atoms with Crippen molar-refractivity contribution in [3.63, 3.8) is 0 Å². The third-order valence-corrected chi connectivity index (χ3v) is 7.53. The number of carbonyl (C=O) groups is 1. The first-order valence-corrected chi connectivity index (χ1v) is 12.7. The summed E-state index contributed by atoms with van der Waals surface area (Å²) in [4.78, 5) is 12.2. The lowest BCUT2D eigenvalue weighted by Crippen LogP contribution is -2.14. The molecule has 0 aliphatic carbocycles. The summed E-state index contributed by atoms with van der Waals surface area (Å²) >= 11 is 0. The van der Waals surface area contributed by atoms with E-state index >= 15 is 0 Å². The molecule has 8 heteroatoms. The lowest BCUT2D eigenvalue weighted by atomic mass is 9.90. The number of aryl methyl sites for hydroxylation is 2. The van der Waals surface area contributed by atoms with E-state index in [1.165, 1.54) is 13.2 Å². The molecule has 0 aliphatic heterocycles. The summed E-state index contributed by atoms with van der Waals surface area (Å²) in [6.07, 6.45) is 0. The first kappa shape index (κ1) is 25.1. The van der Waals surface area contributed by atoms with Gasteiger partial charge in [0.25, 0.3) is 10.0 Å². The topological polar surface area (TPSA) is 102 Å². The van der Waals surface area contributed by atoms with Crippen molar-refractivity contribution >= 4 is 32.5 Å². The van der Waals surface area contributed by atoms with Gasteiger partial charge < -0.3 is 14.6 Å². The van der Waals surface area contributed by atoms with Crippen molar-refractivity contribution in [2.75, 3.05) is 18.9 Å². The van der Waals surface area contributed by atoms with E-state index in [0.29, 0.717) is 44.5 Å². The monoisotopic (exact) mass is 505 g/mol. The van der Waals surface area contributed by atoms with Crippen molar-refractivity contribution in [3.8, 4) is 22.6 Å². The van der Waals surface area contributed by atoms with Gasteiger partial charge in [-0.15, -0.1) is 0 Å². The molecule has 0 saturated heterocycles. The number of rotatable bonds is 6. The zero-order valence-corrected chi connectivity index (χ0v) is 21.5. The van der Waals surface area contributed by atoms with Crippen molar-refractivity contribution in [2.45, 2.75) is 25.7 Å².